The van der Waals surface area contributed by atoms with Gasteiger partial charge in [-0.15, -0.1) is 0 Å². The summed E-state index contributed by atoms with van der Waals surface area (Å²) in [4.78, 5) is 14.8. The van der Waals surface area contributed by atoms with Crippen molar-refractivity contribution in [2.24, 2.45) is 0 Å². The number of hydrogen-bond donors (Lipinski definition) is 2. The number of carbonyl (C=O) groups is 1. The number of amides is 2. The summed E-state index contributed by atoms with van der Waals surface area (Å²) in [5, 5.41) is 6.08. The first-order valence-electron chi connectivity index (χ1n) is 9.52. The zero-order valence-corrected chi connectivity index (χ0v) is 15.7. The molecule has 2 atom stereocenters. The largest absolute Gasteiger partial charge is 0.468 e. The van der Waals surface area contributed by atoms with Gasteiger partial charge in [-0.2, -0.15) is 0 Å². The van der Waals surface area contributed by atoms with Crippen LogP contribution < -0.4 is 10.6 Å². The summed E-state index contributed by atoms with van der Waals surface area (Å²) in [7, 11) is 0. The van der Waals surface area contributed by atoms with Crippen molar-refractivity contribution in [3.63, 3.8) is 0 Å². The maximum Gasteiger partial charge on any atom is 0.315 e. The van der Waals surface area contributed by atoms with Crippen LogP contribution in [0.25, 0.3) is 0 Å². The number of nitrogens with one attached hydrogen (secondary N) is 2. The van der Waals surface area contributed by atoms with Gasteiger partial charge in [0.05, 0.1) is 18.3 Å². The smallest absolute Gasteiger partial charge is 0.315 e. The molecular weight excluding hydrogens is 326 g/mol. The predicted molar refractivity (Wildman–Crippen MR) is 103 cm³/mol. The lowest BCUT2D eigenvalue weighted by Gasteiger charge is -2.33. The van der Waals surface area contributed by atoms with Crippen molar-refractivity contribution in [2.75, 3.05) is 19.6 Å². The average Bonchev–Trinajstić information content (AvgIpc) is 3.17. The van der Waals surface area contributed by atoms with E-state index >= 15 is 0 Å². The van der Waals surface area contributed by atoms with Crippen LogP contribution >= 0.6 is 0 Å². The highest BCUT2D eigenvalue weighted by Gasteiger charge is 2.25. The molecule has 1 aromatic heterocycles. The van der Waals surface area contributed by atoms with Crippen LogP contribution in [-0.2, 0) is 0 Å². The third kappa shape index (κ3) is 4.67. The molecule has 0 saturated carbocycles. The number of urea groups is 1. The number of carbonyl (C=O) groups excluding carboxylic acids is 1. The predicted octanol–water partition coefficient (Wildman–Crippen LogP) is 4.18. The van der Waals surface area contributed by atoms with Gasteiger partial charge in [0, 0.05) is 6.54 Å². The van der Waals surface area contributed by atoms with E-state index in [4.69, 9.17) is 4.42 Å². The van der Waals surface area contributed by atoms with E-state index in [9.17, 15) is 4.79 Å². The lowest BCUT2D eigenvalue weighted by molar-refractivity contribution is 0.143. The summed E-state index contributed by atoms with van der Waals surface area (Å²) in [6.07, 6.45) is 5.39. The van der Waals surface area contributed by atoms with Crippen molar-refractivity contribution in [3.8, 4) is 0 Å². The van der Waals surface area contributed by atoms with Crippen LogP contribution in [0.3, 0.4) is 0 Å². The van der Waals surface area contributed by atoms with E-state index in [0.29, 0.717) is 6.54 Å². The molecular formula is C21H29N3O2. The highest BCUT2D eigenvalue weighted by molar-refractivity contribution is 5.74. The van der Waals surface area contributed by atoms with Gasteiger partial charge >= 0.3 is 6.03 Å². The Labute approximate surface area is 155 Å². The third-order valence-electron chi connectivity index (χ3n) is 5.16. The SMILES string of the molecule is Cc1ccccc1C(C)NC(=O)NCC(c1ccco1)N1CCCCC1. The standard InChI is InChI=1S/C21H29N3O2/c1-16-9-4-5-10-18(16)17(2)23-21(25)22-15-19(20-11-8-14-26-20)24-12-6-3-7-13-24/h4-5,8-11,14,17,19H,3,6-7,12-13,15H2,1-2H3,(H2,22,23,25). The molecule has 1 aliphatic heterocycles. The Morgan fingerprint density at radius 3 is 2.62 bits per heavy atom. The van der Waals surface area contributed by atoms with E-state index < -0.39 is 0 Å². The zero-order chi connectivity index (χ0) is 18.4. The second-order valence-corrected chi connectivity index (χ2v) is 7.06. The number of piperidine rings is 1. The molecule has 2 unspecified atom stereocenters. The Morgan fingerprint density at radius 2 is 1.92 bits per heavy atom. The molecule has 140 valence electrons. The van der Waals surface area contributed by atoms with Gasteiger partial charge in [-0.1, -0.05) is 30.7 Å². The number of furan rings is 1. The van der Waals surface area contributed by atoms with Crippen molar-refractivity contribution in [3.05, 3.63) is 59.5 Å². The quantitative estimate of drug-likeness (QED) is 0.817. The first-order chi connectivity index (χ1) is 12.6. The molecule has 5 heteroatoms. The van der Waals surface area contributed by atoms with Gasteiger partial charge in [0.1, 0.15) is 5.76 Å². The zero-order valence-electron chi connectivity index (χ0n) is 15.7. The minimum Gasteiger partial charge on any atom is -0.468 e. The number of likely N-dealkylation sites (tertiary alicyclic amines) is 1. The van der Waals surface area contributed by atoms with Crippen LogP contribution in [0.4, 0.5) is 4.79 Å². The fraction of sp³-hybridized carbons (Fsp3) is 0.476. The first kappa shape index (κ1) is 18.5. The first-order valence-corrected chi connectivity index (χ1v) is 9.52. The second kappa shape index (κ2) is 8.90. The normalized spacial score (nSPS) is 17.5. The lowest BCUT2D eigenvalue weighted by atomic mass is 10.0. The van der Waals surface area contributed by atoms with Crippen molar-refractivity contribution in [2.45, 2.75) is 45.2 Å². The Kier molecular flexibility index (Phi) is 6.34. The maximum atomic E-state index is 12.4. The molecule has 0 aliphatic carbocycles. The van der Waals surface area contributed by atoms with E-state index in [2.05, 4.69) is 34.6 Å². The van der Waals surface area contributed by atoms with Crippen LogP contribution in [0.1, 0.15) is 55.2 Å². The summed E-state index contributed by atoms with van der Waals surface area (Å²) in [6, 6.07) is 11.9. The number of nitrogens with zero attached hydrogens (tertiary/aromatic N) is 1. The van der Waals surface area contributed by atoms with E-state index in [1.54, 1.807) is 6.26 Å². The Balaban J connectivity index is 1.58. The van der Waals surface area contributed by atoms with E-state index in [1.165, 1.54) is 24.8 Å². The molecule has 2 amide bonds. The molecule has 2 heterocycles. The van der Waals surface area contributed by atoms with E-state index in [1.807, 2.05) is 31.2 Å². The number of benzene rings is 1. The van der Waals surface area contributed by atoms with Crippen molar-refractivity contribution >= 4 is 6.03 Å². The fourth-order valence-electron chi connectivity index (χ4n) is 3.71. The molecule has 0 bridgehead atoms. The van der Waals surface area contributed by atoms with E-state index in [0.717, 1.165) is 24.4 Å². The van der Waals surface area contributed by atoms with Gasteiger partial charge in [-0.3, -0.25) is 4.90 Å². The highest BCUT2D eigenvalue weighted by Crippen LogP contribution is 2.24. The van der Waals surface area contributed by atoms with Crippen LogP contribution in [0.2, 0.25) is 0 Å². The summed E-state index contributed by atoms with van der Waals surface area (Å²) < 4.78 is 5.63. The van der Waals surface area contributed by atoms with Crippen LogP contribution in [0, 0.1) is 6.92 Å². The van der Waals surface area contributed by atoms with Gasteiger partial charge in [0.15, 0.2) is 0 Å². The average molecular weight is 355 g/mol. The number of rotatable bonds is 6. The molecule has 1 aromatic carbocycles. The minimum absolute atomic E-state index is 0.0340. The lowest BCUT2D eigenvalue weighted by Crippen LogP contribution is -2.44. The van der Waals surface area contributed by atoms with Crippen LogP contribution in [-0.4, -0.2) is 30.6 Å². The maximum absolute atomic E-state index is 12.4. The van der Waals surface area contributed by atoms with Gasteiger partial charge in [-0.25, -0.2) is 4.79 Å². The Hall–Kier alpha value is -2.27. The molecule has 1 fully saturated rings. The highest BCUT2D eigenvalue weighted by atomic mass is 16.3. The van der Waals surface area contributed by atoms with Crippen LogP contribution in [0.5, 0.6) is 0 Å². The number of aryl methyl sites for hydroxylation is 1. The van der Waals surface area contributed by atoms with Crippen molar-refractivity contribution in [1.82, 2.24) is 15.5 Å². The topological polar surface area (TPSA) is 57.5 Å². The molecule has 1 aliphatic rings. The Morgan fingerprint density at radius 1 is 1.15 bits per heavy atom. The van der Waals surface area contributed by atoms with Crippen molar-refractivity contribution < 1.29 is 9.21 Å². The molecule has 1 saturated heterocycles. The van der Waals surface area contributed by atoms with Gasteiger partial charge in [0.25, 0.3) is 0 Å². The number of hydrogen-bond acceptors (Lipinski definition) is 3. The minimum atomic E-state index is -0.144. The molecule has 0 radical (unpaired) electrons. The molecule has 2 N–H and O–H groups in total. The second-order valence-electron chi connectivity index (χ2n) is 7.06. The molecule has 5 nitrogen and oxygen atoms in total. The monoisotopic (exact) mass is 355 g/mol. The molecule has 3 rings (SSSR count). The molecule has 26 heavy (non-hydrogen) atoms. The summed E-state index contributed by atoms with van der Waals surface area (Å²) in [5.74, 6) is 0.916. The van der Waals surface area contributed by atoms with E-state index in [-0.39, 0.29) is 18.1 Å². The van der Waals surface area contributed by atoms with Gasteiger partial charge < -0.3 is 15.1 Å². The summed E-state index contributed by atoms with van der Waals surface area (Å²) in [5.41, 5.74) is 2.32. The molecule has 0 spiro atoms. The van der Waals surface area contributed by atoms with Crippen molar-refractivity contribution in [1.29, 1.82) is 0 Å². The molecule has 2 aromatic rings. The van der Waals surface area contributed by atoms with Crippen LogP contribution in [0.15, 0.2) is 47.1 Å². The van der Waals surface area contributed by atoms with Gasteiger partial charge in [0.2, 0.25) is 0 Å². The summed E-state index contributed by atoms with van der Waals surface area (Å²) in [6.45, 7) is 6.72. The fourth-order valence-corrected chi connectivity index (χ4v) is 3.71. The summed E-state index contributed by atoms with van der Waals surface area (Å²) >= 11 is 0. The third-order valence-corrected chi connectivity index (χ3v) is 5.16. The Bertz CT molecular complexity index is 693. The van der Waals surface area contributed by atoms with Gasteiger partial charge in [-0.05, 0) is 63.0 Å².